The topological polar surface area (TPSA) is 51.0 Å². The number of fused-ring (bicyclic) bond motifs is 1. The molecular formula is C16H23F3N4O. The van der Waals surface area contributed by atoms with E-state index in [0.717, 1.165) is 11.6 Å². The highest BCUT2D eigenvalue weighted by Gasteiger charge is 2.44. The van der Waals surface area contributed by atoms with Crippen LogP contribution in [0.3, 0.4) is 0 Å². The largest absolute Gasteiger partial charge is 0.391 e. The summed E-state index contributed by atoms with van der Waals surface area (Å²) >= 11 is 0. The van der Waals surface area contributed by atoms with Crippen LogP contribution in [0.4, 0.5) is 13.2 Å². The Kier molecular flexibility index (Phi) is 4.57. The van der Waals surface area contributed by atoms with E-state index in [1.54, 1.807) is 4.90 Å². The monoisotopic (exact) mass is 344 g/mol. The van der Waals surface area contributed by atoms with Crippen molar-refractivity contribution in [2.75, 3.05) is 6.54 Å². The van der Waals surface area contributed by atoms with Crippen LogP contribution < -0.4 is 0 Å². The Morgan fingerprint density at radius 3 is 2.62 bits per heavy atom. The van der Waals surface area contributed by atoms with E-state index < -0.39 is 18.0 Å². The Labute approximate surface area is 139 Å². The second-order valence-electron chi connectivity index (χ2n) is 7.14. The molecule has 5 nitrogen and oxygen atoms in total. The van der Waals surface area contributed by atoms with Gasteiger partial charge < -0.3 is 9.47 Å². The van der Waals surface area contributed by atoms with Gasteiger partial charge in [-0.05, 0) is 19.3 Å². The van der Waals surface area contributed by atoms with Crippen molar-refractivity contribution in [2.45, 2.75) is 64.7 Å². The molecule has 3 rings (SSSR count). The van der Waals surface area contributed by atoms with E-state index in [4.69, 9.17) is 0 Å². The van der Waals surface area contributed by atoms with Gasteiger partial charge in [-0.15, -0.1) is 10.2 Å². The van der Waals surface area contributed by atoms with Gasteiger partial charge in [0, 0.05) is 24.9 Å². The molecule has 2 aliphatic rings. The summed E-state index contributed by atoms with van der Waals surface area (Å²) in [4.78, 5) is 14.3. The second kappa shape index (κ2) is 6.37. The van der Waals surface area contributed by atoms with Crippen molar-refractivity contribution >= 4 is 5.91 Å². The second-order valence-corrected chi connectivity index (χ2v) is 7.14. The van der Waals surface area contributed by atoms with Crippen LogP contribution in [0.2, 0.25) is 0 Å². The van der Waals surface area contributed by atoms with Gasteiger partial charge in [-0.3, -0.25) is 4.79 Å². The number of nitrogens with zero attached hydrogens (tertiary/aromatic N) is 4. The van der Waals surface area contributed by atoms with Crippen molar-refractivity contribution in [1.82, 2.24) is 19.7 Å². The number of alkyl halides is 3. The zero-order valence-electron chi connectivity index (χ0n) is 14.0. The standard InChI is InChI=1S/C16H23F3N4O/c1-10(2)14-21-20-13-9-22(6-7-23(13)14)15(24)11-4-3-5-12(8-11)16(17,18)19/h10-12H,3-9H2,1-2H3/t11-,12-/m0/s1. The molecule has 1 amide bonds. The summed E-state index contributed by atoms with van der Waals surface area (Å²) in [6.07, 6.45) is -3.14. The molecule has 1 aromatic rings. The van der Waals surface area contributed by atoms with Gasteiger partial charge in [0.25, 0.3) is 0 Å². The Hall–Kier alpha value is -1.60. The van der Waals surface area contributed by atoms with Crippen molar-refractivity contribution in [1.29, 1.82) is 0 Å². The number of carbonyl (C=O) groups excluding carboxylic acids is 1. The molecule has 0 aromatic carbocycles. The number of amides is 1. The number of rotatable bonds is 2. The van der Waals surface area contributed by atoms with Gasteiger partial charge in [-0.1, -0.05) is 20.3 Å². The highest BCUT2D eigenvalue weighted by molar-refractivity contribution is 5.79. The van der Waals surface area contributed by atoms with Crippen molar-refractivity contribution in [3.63, 3.8) is 0 Å². The third kappa shape index (κ3) is 3.28. The molecule has 0 unspecified atom stereocenters. The number of aromatic nitrogens is 3. The third-order valence-electron chi connectivity index (χ3n) is 5.10. The highest BCUT2D eigenvalue weighted by Crippen LogP contribution is 2.40. The number of hydrogen-bond acceptors (Lipinski definition) is 3. The van der Waals surface area contributed by atoms with E-state index in [2.05, 4.69) is 10.2 Å². The minimum atomic E-state index is -4.20. The number of halogens is 3. The fourth-order valence-electron chi connectivity index (χ4n) is 3.77. The van der Waals surface area contributed by atoms with E-state index in [1.165, 1.54) is 0 Å². The maximum atomic E-state index is 12.9. The zero-order valence-corrected chi connectivity index (χ0v) is 14.0. The molecule has 0 radical (unpaired) electrons. The Bertz CT molecular complexity index is 611. The lowest BCUT2D eigenvalue weighted by molar-refractivity contribution is -0.187. The van der Waals surface area contributed by atoms with Crippen molar-refractivity contribution < 1.29 is 18.0 Å². The number of carbonyl (C=O) groups is 1. The molecule has 0 bridgehead atoms. The van der Waals surface area contributed by atoms with Crippen LogP contribution in [0, 0.1) is 11.8 Å². The van der Waals surface area contributed by atoms with Gasteiger partial charge in [-0.2, -0.15) is 13.2 Å². The Balaban J connectivity index is 1.68. The summed E-state index contributed by atoms with van der Waals surface area (Å²) in [5, 5.41) is 8.32. The maximum absolute atomic E-state index is 12.9. The third-order valence-corrected chi connectivity index (χ3v) is 5.10. The van der Waals surface area contributed by atoms with Crippen LogP contribution in [0.1, 0.15) is 57.1 Å². The van der Waals surface area contributed by atoms with Crippen LogP contribution in [0.25, 0.3) is 0 Å². The maximum Gasteiger partial charge on any atom is 0.391 e. The van der Waals surface area contributed by atoms with Gasteiger partial charge in [0.2, 0.25) is 5.91 Å². The zero-order chi connectivity index (χ0) is 17.5. The Morgan fingerprint density at radius 1 is 1.21 bits per heavy atom. The fraction of sp³-hybridized carbons (Fsp3) is 0.812. The van der Waals surface area contributed by atoms with Gasteiger partial charge >= 0.3 is 6.18 Å². The van der Waals surface area contributed by atoms with Crippen molar-refractivity contribution in [2.24, 2.45) is 11.8 Å². The number of hydrogen-bond donors (Lipinski definition) is 0. The first kappa shape index (κ1) is 17.2. The fourth-order valence-corrected chi connectivity index (χ4v) is 3.77. The molecule has 0 saturated heterocycles. The van der Waals surface area contributed by atoms with Crippen molar-refractivity contribution in [3.8, 4) is 0 Å². The molecule has 0 N–H and O–H groups in total. The highest BCUT2D eigenvalue weighted by atomic mass is 19.4. The van der Waals surface area contributed by atoms with Crippen LogP contribution in [0.5, 0.6) is 0 Å². The summed E-state index contributed by atoms with van der Waals surface area (Å²) in [6.45, 7) is 5.53. The van der Waals surface area contributed by atoms with Crippen LogP contribution in [-0.2, 0) is 17.9 Å². The molecule has 0 spiro atoms. The summed E-state index contributed by atoms with van der Waals surface area (Å²) in [5.74, 6) is -0.164. The smallest absolute Gasteiger partial charge is 0.333 e. The molecule has 1 saturated carbocycles. The molecule has 8 heteroatoms. The van der Waals surface area contributed by atoms with Gasteiger partial charge in [0.1, 0.15) is 5.82 Å². The normalized spacial score (nSPS) is 25.0. The lowest BCUT2D eigenvalue weighted by Crippen LogP contribution is -2.44. The molecule has 1 fully saturated rings. The average Bonchev–Trinajstić information content (AvgIpc) is 2.96. The van der Waals surface area contributed by atoms with Crippen LogP contribution >= 0.6 is 0 Å². The first-order valence-electron chi connectivity index (χ1n) is 8.55. The quantitative estimate of drug-likeness (QED) is 0.828. The van der Waals surface area contributed by atoms with Gasteiger partial charge in [0.15, 0.2) is 5.82 Å². The lowest BCUT2D eigenvalue weighted by atomic mass is 9.80. The first-order chi connectivity index (χ1) is 11.3. The summed E-state index contributed by atoms with van der Waals surface area (Å²) in [6, 6.07) is 0. The molecule has 24 heavy (non-hydrogen) atoms. The van der Waals surface area contributed by atoms with E-state index in [0.29, 0.717) is 32.5 Å². The van der Waals surface area contributed by atoms with E-state index in [9.17, 15) is 18.0 Å². The average molecular weight is 344 g/mol. The van der Waals surface area contributed by atoms with Crippen LogP contribution in [0.15, 0.2) is 0 Å². The predicted molar refractivity (Wildman–Crippen MR) is 81.0 cm³/mol. The molecular weight excluding hydrogens is 321 g/mol. The molecule has 134 valence electrons. The molecule has 2 atom stereocenters. The molecule has 1 aromatic heterocycles. The molecule has 1 aliphatic carbocycles. The summed E-state index contributed by atoms with van der Waals surface area (Å²) < 4.78 is 40.9. The minimum absolute atomic E-state index is 0.0806. The van der Waals surface area contributed by atoms with E-state index in [1.807, 2.05) is 18.4 Å². The molecule has 2 heterocycles. The predicted octanol–water partition coefficient (Wildman–Crippen LogP) is 3.11. The molecule has 1 aliphatic heterocycles. The summed E-state index contributed by atoms with van der Waals surface area (Å²) in [7, 11) is 0. The van der Waals surface area contributed by atoms with Gasteiger partial charge in [-0.25, -0.2) is 0 Å². The van der Waals surface area contributed by atoms with Gasteiger partial charge in [0.05, 0.1) is 12.5 Å². The van der Waals surface area contributed by atoms with E-state index in [-0.39, 0.29) is 24.7 Å². The lowest BCUT2D eigenvalue weighted by Gasteiger charge is -2.35. The SMILES string of the molecule is CC(C)c1nnc2n1CCN(C(=O)[C@H]1CCC[C@H](C(F)(F)F)C1)C2. The minimum Gasteiger partial charge on any atom is -0.333 e. The van der Waals surface area contributed by atoms with Crippen LogP contribution in [-0.4, -0.2) is 38.3 Å². The Morgan fingerprint density at radius 2 is 1.96 bits per heavy atom. The van der Waals surface area contributed by atoms with Crippen molar-refractivity contribution in [3.05, 3.63) is 11.6 Å². The first-order valence-corrected chi connectivity index (χ1v) is 8.55. The summed E-state index contributed by atoms with van der Waals surface area (Å²) in [5.41, 5.74) is 0. The van der Waals surface area contributed by atoms with E-state index >= 15 is 0 Å².